The molecule has 0 saturated heterocycles. The van der Waals surface area contributed by atoms with Gasteiger partial charge in [0.2, 0.25) is 0 Å². The molecule has 0 bridgehead atoms. The Morgan fingerprint density at radius 2 is 1.88 bits per heavy atom. The first-order chi connectivity index (χ1) is 12.0. The Morgan fingerprint density at radius 3 is 2.56 bits per heavy atom. The summed E-state index contributed by atoms with van der Waals surface area (Å²) in [6, 6.07) is 11.6. The smallest absolute Gasteiger partial charge is 0.291 e. The lowest BCUT2D eigenvalue weighted by Gasteiger charge is -2.10. The summed E-state index contributed by atoms with van der Waals surface area (Å²) in [6.07, 6.45) is 2.89. The predicted octanol–water partition coefficient (Wildman–Crippen LogP) is 4.14. The van der Waals surface area contributed by atoms with Crippen molar-refractivity contribution >= 4 is 34.9 Å². The second kappa shape index (κ2) is 7.19. The summed E-state index contributed by atoms with van der Waals surface area (Å²) in [5.41, 5.74) is 1.63. The molecule has 0 atom stereocenters. The van der Waals surface area contributed by atoms with Crippen LogP contribution in [0.4, 0.5) is 11.5 Å². The minimum atomic E-state index is -0.372. The molecule has 6 nitrogen and oxygen atoms in total. The van der Waals surface area contributed by atoms with Crippen LogP contribution >= 0.6 is 11.6 Å². The monoisotopic (exact) mass is 355 g/mol. The number of furan rings is 1. The van der Waals surface area contributed by atoms with Crippen molar-refractivity contribution in [1.82, 2.24) is 4.98 Å². The molecule has 3 aromatic rings. The second-order valence-corrected chi connectivity index (χ2v) is 5.66. The van der Waals surface area contributed by atoms with Crippen molar-refractivity contribution in [1.29, 1.82) is 0 Å². The number of nitrogens with zero attached hydrogens (tertiary/aromatic N) is 1. The number of nitrogens with one attached hydrogen (secondary N) is 2. The van der Waals surface area contributed by atoms with Crippen LogP contribution in [0.2, 0.25) is 5.02 Å². The van der Waals surface area contributed by atoms with Crippen molar-refractivity contribution in [3.05, 3.63) is 76.8 Å². The molecule has 0 unspecified atom stereocenters. The highest BCUT2D eigenvalue weighted by Gasteiger charge is 2.13. The number of carbonyl (C=O) groups excluding carboxylic acids is 2. The number of benzene rings is 1. The third kappa shape index (κ3) is 3.87. The van der Waals surface area contributed by atoms with Crippen LogP contribution in [-0.4, -0.2) is 16.8 Å². The maximum absolute atomic E-state index is 12.2. The van der Waals surface area contributed by atoms with Gasteiger partial charge in [-0.3, -0.25) is 9.59 Å². The number of carbonyl (C=O) groups is 2. The summed E-state index contributed by atoms with van der Waals surface area (Å²) in [6.45, 7) is 1.80. The van der Waals surface area contributed by atoms with Gasteiger partial charge in [-0.15, -0.1) is 0 Å². The van der Waals surface area contributed by atoms with E-state index in [-0.39, 0.29) is 17.6 Å². The lowest BCUT2D eigenvalue weighted by molar-refractivity contribution is 0.0994. The normalized spacial score (nSPS) is 10.3. The van der Waals surface area contributed by atoms with Crippen LogP contribution in [0, 0.1) is 6.92 Å². The third-order valence-electron chi connectivity index (χ3n) is 3.46. The zero-order chi connectivity index (χ0) is 17.8. The zero-order valence-corrected chi connectivity index (χ0v) is 14.0. The van der Waals surface area contributed by atoms with Crippen LogP contribution in [0.5, 0.6) is 0 Å². The molecule has 2 heterocycles. The molecule has 0 saturated carbocycles. The van der Waals surface area contributed by atoms with Gasteiger partial charge in [0.1, 0.15) is 5.82 Å². The van der Waals surface area contributed by atoms with Gasteiger partial charge in [-0.1, -0.05) is 23.7 Å². The van der Waals surface area contributed by atoms with Gasteiger partial charge in [0.05, 0.1) is 28.7 Å². The number of hydrogen-bond donors (Lipinski definition) is 2. The van der Waals surface area contributed by atoms with Gasteiger partial charge in [0.25, 0.3) is 11.8 Å². The van der Waals surface area contributed by atoms with E-state index in [0.717, 1.165) is 5.56 Å². The first-order valence-corrected chi connectivity index (χ1v) is 7.80. The van der Waals surface area contributed by atoms with Gasteiger partial charge in [0, 0.05) is 0 Å². The van der Waals surface area contributed by atoms with Crippen molar-refractivity contribution in [2.24, 2.45) is 0 Å². The van der Waals surface area contributed by atoms with E-state index in [1.165, 1.54) is 12.5 Å². The van der Waals surface area contributed by atoms with Gasteiger partial charge < -0.3 is 15.1 Å². The molecular weight excluding hydrogens is 342 g/mol. The number of aryl methyl sites for hydroxylation is 1. The lowest BCUT2D eigenvalue weighted by Crippen LogP contribution is -2.15. The molecule has 0 aliphatic carbocycles. The Balaban J connectivity index is 1.73. The maximum Gasteiger partial charge on any atom is 0.291 e. The average molecular weight is 356 g/mol. The molecule has 25 heavy (non-hydrogen) atoms. The van der Waals surface area contributed by atoms with Crippen LogP contribution in [0.3, 0.4) is 0 Å². The van der Waals surface area contributed by atoms with E-state index in [4.69, 9.17) is 16.0 Å². The first kappa shape index (κ1) is 16.7. The topological polar surface area (TPSA) is 84.2 Å². The minimum absolute atomic E-state index is 0.204. The summed E-state index contributed by atoms with van der Waals surface area (Å²) < 4.78 is 5.04. The Morgan fingerprint density at radius 1 is 1.08 bits per heavy atom. The minimum Gasteiger partial charge on any atom is -0.459 e. The van der Waals surface area contributed by atoms with Gasteiger partial charge in [-0.05, 0) is 42.8 Å². The summed E-state index contributed by atoms with van der Waals surface area (Å²) in [5.74, 6) is -0.165. The highest BCUT2D eigenvalue weighted by atomic mass is 35.5. The Labute approximate surface area is 148 Å². The van der Waals surface area contributed by atoms with E-state index >= 15 is 0 Å². The SMILES string of the molecule is Cc1cc(NC(=O)c2ccccc2Cl)ncc1NC(=O)c1ccco1. The third-order valence-corrected chi connectivity index (χ3v) is 3.79. The molecule has 7 heteroatoms. The molecule has 0 spiro atoms. The molecule has 126 valence electrons. The van der Waals surface area contributed by atoms with Crippen molar-refractivity contribution in [2.75, 3.05) is 10.6 Å². The molecule has 1 aromatic carbocycles. The maximum atomic E-state index is 12.2. The Kier molecular flexibility index (Phi) is 4.81. The van der Waals surface area contributed by atoms with Crippen LogP contribution in [-0.2, 0) is 0 Å². The van der Waals surface area contributed by atoms with Crippen LogP contribution in [0.15, 0.2) is 59.3 Å². The molecule has 0 aliphatic heterocycles. The molecule has 2 amide bonds. The summed E-state index contributed by atoms with van der Waals surface area (Å²) in [7, 11) is 0. The summed E-state index contributed by atoms with van der Waals surface area (Å²) in [4.78, 5) is 28.4. The number of rotatable bonds is 4. The number of pyridine rings is 1. The van der Waals surface area contributed by atoms with Gasteiger partial charge in [-0.2, -0.15) is 0 Å². The molecule has 3 rings (SSSR count). The van der Waals surface area contributed by atoms with Crippen molar-refractivity contribution in [3.63, 3.8) is 0 Å². The Bertz CT molecular complexity index is 923. The van der Waals surface area contributed by atoms with Crippen LogP contribution in [0.1, 0.15) is 26.5 Å². The molecule has 0 radical (unpaired) electrons. The highest BCUT2D eigenvalue weighted by Crippen LogP contribution is 2.20. The molecule has 2 N–H and O–H groups in total. The lowest BCUT2D eigenvalue weighted by atomic mass is 10.2. The van der Waals surface area contributed by atoms with Crippen LogP contribution in [0.25, 0.3) is 0 Å². The predicted molar refractivity (Wildman–Crippen MR) is 95.0 cm³/mol. The van der Waals surface area contributed by atoms with Gasteiger partial charge in [-0.25, -0.2) is 4.98 Å². The molecule has 0 aliphatic rings. The number of hydrogen-bond acceptors (Lipinski definition) is 4. The number of aromatic nitrogens is 1. The van der Waals surface area contributed by atoms with Crippen molar-refractivity contribution in [2.45, 2.75) is 6.92 Å². The van der Waals surface area contributed by atoms with E-state index in [2.05, 4.69) is 15.6 Å². The van der Waals surface area contributed by atoms with E-state index in [9.17, 15) is 9.59 Å². The largest absolute Gasteiger partial charge is 0.459 e. The number of halogens is 1. The average Bonchev–Trinajstić information content (AvgIpc) is 3.12. The zero-order valence-electron chi connectivity index (χ0n) is 13.2. The number of amides is 2. The summed E-state index contributed by atoms with van der Waals surface area (Å²) in [5, 5.41) is 5.75. The van der Waals surface area contributed by atoms with Crippen molar-refractivity contribution < 1.29 is 14.0 Å². The van der Waals surface area contributed by atoms with E-state index in [0.29, 0.717) is 22.1 Å². The summed E-state index contributed by atoms with van der Waals surface area (Å²) >= 11 is 6.01. The quantitative estimate of drug-likeness (QED) is 0.736. The van der Waals surface area contributed by atoms with Crippen molar-refractivity contribution in [3.8, 4) is 0 Å². The van der Waals surface area contributed by atoms with Crippen LogP contribution < -0.4 is 10.6 Å². The molecule has 0 fully saturated rings. The second-order valence-electron chi connectivity index (χ2n) is 5.25. The number of anilines is 2. The fraction of sp³-hybridized carbons (Fsp3) is 0.0556. The fourth-order valence-electron chi connectivity index (χ4n) is 2.18. The molecular formula is C18H14ClN3O3. The van der Waals surface area contributed by atoms with Gasteiger partial charge >= 0.3 is 0 Å². The first-order valence-electron chi connectivity index (χ1n) is 7.42. The van der Waals surface area contributed by atoms with E-state index in [1.807, 2.05) is 0 Å². The van der Waals surface area contributed by atoms with E-state index < -0.39 is 0 Å². The fourth-order valence-corrected chi connectivity index (χ4v) is 2.40. The van der Waals surface area contributed by atoms with Gasteiger partial charge in [0.15, 0.2) is 5.76 Å². The highest BCUT2D eigenvalue weighted by molar-refractivity contribution is 6.34. The van der Waals surface area contributed by atoms with E-state index in [1.54, 1.807) is 49.4 Å². The standard InChI is InChI=1S/C18H14ClN3O3/c1-11-9-16(22-17(23)12-5-2-3-6-13(12)19)20-10-14(11)21-18(24)15-7-4-8-25-15/h2-10H,1H3,(H,21,24)(H,20,22,23). The molecule has 2 aromatic heterocycles. The Hall–Kier alpha value is -3.12.